The molecule has 0 saturated heterocycles. The molecule has 18 heavy (non-hydrogen) atoms. The van der Waals surface area contributed by atoms with Crippen molar-refractivity contribution < 1.29 is 28.3 Å². The number of aliphatic hydroxyl groups is 1. The summed E-state index contributed by atoms with van der Waals surface area (Å²) in [5, 5.41) is 8.52. The van der Waals surface area contributed by atoms with E-state index >= 15 is 0 Å². The Morgan fingerprint density at radius 2 is 1.61 bits per heavy atom. The van der Waals surface area contributed by atoms with Gasteiger partial charge in [0, 0.05) is 5.56 Å². The van der Waals surface area contributed by atoms with Gasteiger partial charge >= 0.3 is 0 Å². The normalized spacial score (nSPS) is 9.17. The molecular formula is C12H10O6. The van der Waals surface area contributed by atoms with E-state index in [0.717, 1.165) is 0 Å². The van der Waals surface area contributed by atoms with Crippen LogP contribution in [0.1, 0.15) is 37.2 Å². The van der Waals surface area contributed by atoms with Crippen molar-refractivity contribution in [1.82, 2.24) is 0 Å². The third-order valence-corrected chi connectivity index (χ3v) is 1.94. The Morgan fingerprint density at radius 1 is 1.00 bits per heavy atom. The summed E-state index contributed by atoms with van der Waals surface area (Å²) < 4.78 is 9.32. The minimum Gasteiger partial charge on any atom is -0.461 e. The maximum Gasteiger partial charge on any atom is 0.185 e. The number of hydrogen-bond donors (Lipinski definition) is 1. The number of rotatable bonds is 4. The highest BCUT2D eigenvalue weighted by atomic mass is 16.4. The van der Waals surface area contributed by atoms with Crippen LogP contribution in [0.2, 0.25) is 0 Å². The Hall–Kier alpha value is -2.47. The zero-order valence-corrected chi connectivity index (χ0v) is 9.24. The van der Waals surface area contributed by atoms with E-state index < -0.39 is 0 Å². The number of carbonyl (C=O) groups is 3. The number of hydrogen-bond acceptors (Lipinski definition) is 6. The van der Waals surface area contributed by atoms with Gasteiger partial charge in [0.15, 0.2) is 36.1 Å². The van der Waals surface area contributed by atoms with Crippen LogP contribution in [0.25, 0.3) is 0 Å². The highest BCUT2D eigenvalue weighted by molar-refractivity contribution is 5.75. The quantitative estimate of drug-likeness (QED) is 0.825. The van der Waals surface area contributed by atoms with Crippen molar-refractivity contribution in [3.8, 4) is 0 Å². The second-order valence-corrected chi connectivity index (χ2v) is 3.06. The molecule has 0 aromatic carbocycles. The molecule has 0 radical (unpaired) electrons. The van der Waals surface area contributed by atoms with Gasteiger partial charge in [-0.15, -0.1) is 0 Å². The van der Waals surface area contributed by atoms with Gasteiger partial charge in [0.05, 0.1) is 12.9 Å². The number of aliphatic hydroxyl groups excluding tert-OH is 1. The van der Waals surface area contributed by atoms with Gasteiger partial charge in [-0.1, -0.05) is 0 Å². The molecule has 2 aromatic heterocycles. The van der Waals surface area contributed by atoms with Crippen molar-refractivity contribution in [2.75, 3.05) is 0 Å². The average molecular weight is 250 g/mol. The van der Waals surface area contributed by atoms with Crippen LogP contribution >= 0.6 is 0 Å². The summed E-state index contributed by atoms with van der Waals surface area (Å²) in [4.78, 5) is 29.9. The third kappa shape index (κ3) is 3.53. The lowest BCUT2D eigenvalue weighted by atomic mass is 10.3. The molecule has 1 N–H and O–H groups in total. The molecule has 6 heteroatoms. The average Bonchev–Trinajstić information content (AvgIpc) is 3.07. The fraction of sp³-hybridized carbons (Fsp3) is 0.0833. The second-order valence-electron chi connectivity index (χ2n) is 3.06. The molecule has 0 fully saturated rings. The fourth-order valence-electron chi connectivity index (χ4n) is 1.08. The van der Waals surface area contributed by atoms with Crippen LogP contribution in [0.4, 0.5) is 0 Å². The van der Waals surface area contributed by atoms with Crippen molar-refractivity contribution in [1.29, 1.82) is 0 Å². The molecule has 0 aliphatic carbocycles. The molecule has 2 rings (SSSR count). The maximum atomic E-state index is 10.0. The molecule has 0 bridgehead atoms. The molecule has 94 valence electrons. The first-order valence-electron chi connectivity index (χ1n) is 4.87. The summed E-state index contributed by atoms with van der Waals surface area (Å²) in [6, 6.07) is 4.44. The van der Waals surface area contributed by atoms with E-state index in [0.29, 0.717) is 24.4 Å². The molecule has 2 heterocycles. The van der Waals surface area contributed by atoms with Crippen LogP contribution < -0.4 is 0 Å². The zero-order valence-electron chi connectivity index (χ0n) is 9.24. The largest absolute Gasteiger partial charge is 0.461 e. The minimum atomic E-state index is -0.148. The number of carbonyl (C=O) groups excluding carboxylic acids is 3. The maximum absolute atomic E-state index is 10.0. The van der Waals surface area contributed by atoms with Gasteiger partial charge < -0.3 is 13.9 Å². The second kappa shape index (κ2) is 6.97. The van der Waals surface area contributed by atoms with Crippen molar-refractivity contribution in [3.05, 3.63) is 47.3 Å². The van der Waals surface area contributed by atoms with E-state index in [2.05, 4.69) is 8.83 Å². The lowest BCUT2D eigenvalue weighted by molar-refractivity contribution is 0.107. The van der Waals surface area contributed by atoms with Crippen molar-refractivity contribution in [2.24, 2.45) is 0 Å². The molecule has 0 amide bonds. The third-order valence-electron chi connectivity index (χ3n) is 1.94. The molecule has 0 aliphatic heterocycles. The van der Waals surface area contributed by atoms with Gasteiger partial charge in [-0.2, -0.15) is 0 Å². The molecular weight excluding hydrogens is 240 g/mol. The number of aldehydes is 3. The van der Waals surface area contributed by atoms with E-state index in [1.165, 1.54) is 18.4 Å². The summed E-state index contributed by atoms with van der Waals surface area (Å²) >= 11 is 0. The van der Waals surface area contributed by atoms with E-state index in [-0.39, 0.29) is 23.9 Å². The summed E-state index contributed by atoms with van der Waals surface area (Å²) in [5.74, 6) is 0.562. The summed E-state index contributed by atoms with van der Waals surface area (Å²) in [6.45, 7) is -0.148. The van der Waals surface area contributed by atoms with Crippen molar-refractivity contribution >= 4 is 18.9 Å². The van der Waals surface area contributed by atoms with E-state index in [1.807, 2.05) is 0 Å². The van der Waals surface area contributed by atoms with Crippen LogP contribution in [0.15, 0.2) is 33.3 Å². The molecule has 0 aliphatic rings. The smallest absolute Gasteiger partial charge is 0.185 e. The Bertz CT molecular complexity index is 500. The Balaban J connectivity index is 0.000000180. The van der Waals surface area contributed by atoms with Crippen LogP contribution in [0.3, 0.4) is 0 Å². The SMILES string of the molecule is O=Cc1ccc(C=O)o1.O=Cc1occc1CO. The van der Waals surface area contributed by atoms with Crippen molar-refractivity contribution in [3.63, 3.8) is 0 Å². The Kier molecular flexibility index (Phi) is 5.27. The topological polar surface area (TPSA) is 97.7 Å². The lowest BCUT2D eigenvalue weighted by Crippen LogP contribution is -1.84. The predicted octanol–water partition coefficient (Wildman–Crippen LogP) is 1.49. The Labute approximate surface area is 102 Å². The predicted molar refractivity (Wildman–Crippen MR) is 59.5 cm³/mol. The van der Waals surface area contributed by atoms with Gasteiger partial charge in [0.1, 0.15) is 0 Å². The molecule has 0 spiro atoms. The molecule has 6 nitrogen and oxygen atoms in total. The van der Waals surface area contributed by atoms with Crippen molar-refractivity contribution in [2.45, 2.75) is 6.61 Å². The molecule has 0 unspecified atom stereocenters. The lowest BCUT2D eigenvalue weighted by Gasteiger charge is -1.85. The van der Waals surface area contributed by atoms with Gasteiger partial charge in [-0.05, 0) is 18.2 Å². The highest BCUT2D eigenvalue weighted by Gasteiger charge is 2.00. The monoisotopic (exact) mass is 250 g/mol. The van der Waals surface area contributed by atoms with Crippen LogP contribution in [0, 0.1) is 0 Å². The number of furan rings is 2. The fourth-order valence-corrected chi connectivity index (χ4v) is 1.08. The first-order valence-corrected chi connectivity index (χ1v) is 4.87. The first kappa shape index (κ1) is 13.6. The molecule has 0 saturated carbocycles. The zero-order chi connectivity index (χ0) is 13.4. The van der Waals surface area contributed by atoms with Crippen LogP contribution in [0.5, 0.6) is 0 Å². The standard InChI is InChI=1S/C6H6O3.C6H4O3/c7-3-5-1-2-9-6(5)4-8;7-3-5-1-2-6(4-8)9-5/h1-2,4,7H,3H2;1-4H. The van der Waals surface area contributed by atoms with Gasteiger partial charge in [-0.3, -0.25) is 14.4 Å². The van der Waals surface area contributed by atoms with E-state index in [4.69, 9.17) is 5.11 Å². The summed E-state index contributed by atoms with van der Waals surface area (Å²) in [6.07, 6.45) is 3.04. The van der Waals surface area contributed by atoms with Crippen LogP contribution in [-0.2, 0) is 6.61 Å². The van der Waals surface area contributed by atoms with Gasteiger partial charge in [0.25, 0.3) is 0 Å². The van der Waals surface area contributed by atoms with Gasteiger partial charge in [0.2, 0.25) is 0 Å². The van der Waals surface area contributed by atoms with Crippen LogP contribution in [-0.4, -0.2) is 24.0 Å². The summed E-state index contributed by atoms with van der Waals surface area (Å²) in [7, 11) is 0. The minimum absolute atomic E-state index is 0.148. The van der Waals surface area contributed by atoms with E-state index in [9.17, 15) is 14.4 Å². The first-order chi connectivity index (χ1) is 8.74. The Morgan fingerprint density at radius 3 is 1.94 bits per heavy atom. The van der Waals surface area contributed by atoms with E-state index in [1.54, 1.807) is 6.07 Å². The van der Waals surface area contributed by atoms with Gasteiger partial charge in [-0.25, -0.2) is 0 Å². The molecule has 0 atom stereocenters. The highest BCUT2D eigenvalue weighted by Crippen LogP contribution is 2.06. The summed E-state index contributed by atoms with van der Waals surface area (Å²) in [5.41, 5.74) is 0.532. The molecule has 2 aromatic rings.